The molecule has 4 rings (SSSR count). The van der Waals surface area contributed by atoms with Crippen molar-refractivity contribution in [1.82, 2.24) is 29.4 Å². The molecule has 1 aliphatic rings. The number of carbonyl (C=O) groups excluding carboxylic acids is 1. The van der Waals surface area contributed by atoms with Crippen LogP contribution in [-0.2, 0) is 11.8 Å². The number of aromatic nitrogens is 4. The fraction of sp³-hybridized carbons (Fsp3) is 0.381. The second kappa shape index (κ2) is 8.29. The molecule has 0 saturated carbocycles. The molecule has 2 atom stereocenters. The first kappa shape index (κ1) is 20.1. The Morgan fingerprint density at radius 1 is 1.30 bits per heavy atom. The van der Waals surface area contributed by atoms with Crippen LogP contribution in [0.5, 0.6) is 0 Å². The molecule has 1 aliphatic heterocycles. The van der Waals surface area contributed by atoms with Crippen molar-refractivity contribution >= 4 is 5.91 Å². The van der Waals surface area contributed by atoms with E-state index in [1.54, 1.807) is 15.8 Å². The summed E-state index contributed by atoms with van der Waals surface area (Å²) in [5.74, 6) is -0.234. The Kier molecular flexibility index (Phi) is 5.56. The third-order valence-corrected chi connectivity index (χ3v) is 5.19. The number of morpholine rings is 1. The van der Waals surface area contributed by atoms with Gasteiger partial charge in [-0.1, -0.05) is 18.2 Å². The van der Waals surface area contributed by atoms with Gasteiger partial charge in [-0.15, -0.1) is 0 Å². The van der Waals surface area contributed by atoms with Gasteiger partial charge in [-0.05, 0) is 26.2 Å². The lowest BCUT2D eigenvalue weighted by molar-refractivity contribution is -0.0686. The maximum absolute atomic E-state index is 13.5. The molecule has 0 radical (unpaired) electrons. The van der Waals surface area contributed by atoms with E-state index >= 15 is 0 Å². The average Bonchev–Trinajstić information content (AvgIpc) is 3.33. The minimum absolute atomic E-state index is 0.204. The topological polar surface area (TPSA) is 88.4 Å². The molecule has 1 amide bonds. The molecule has 2 aromatic heterocycles. The quantitative estimate of drug-likeness (QED) is 0.679. The number of carbonyl (C=O) groups is 1. The number of nitrogens with one attached hydrogen (secondary N) is 1. The van der Waals surface area contributed by atoms with Crippen molar-refractivity contribution in [2.75, 3.05) is 33.8 Å². The van der Waals surface area contributed by atoms with E-state index in [9.17, 15) is 9.59 Å². The minimum atomic E-state index is -0.300. The first-order valence-corrected chi connectivity index (χ1v) is 9.87. The summed E-state index contributed by atoms with van der Waals surface area (Å²) in [6.45, 7) is 1.52. The Morgan fingerprint density at radius 2 is 2.07 bits per heavy atom. The summed E-state index contributed by atoms with van der Waals surface area (Å²) in [5.41, 5.74) is 1.56. The van der Waals surface area contributed by atoms with Gasteiger partial charge in [-0.3, -0.25) is 19.4 Å². The summed E-state index contributed by atoms with van der Waals surface area (Å²) in [7, 11) is 5.79. The molecule has 9 nitrogen and oxygen atoms in total. The van der Waals surface area contributed by atoms with Crippen molar-refractivity contribution in [2.45, 2.75) is 12.1 Å². The standard InChI is InChI=1S/C21H26N6O3/c1-24(2)14-18-20(15-12-22-25(3)13-15)26(9-10-30-18)21(29)17-11-19(28)27(23-17)16-7-5-4-6-8-16/h4-8,11-13,18,20,23H,9-10,14H2,1-3H3/t18-,20-/m0/s1. The monoisotopic (exact) mass is 410 g/mol. The van der Waals surface area contributed by atoms with Crippen molar-refractivity contribution < 1.29 is 9.53 Å². The highest BCUT2D eigenvalue weighted by atomic mass is 16.5. The third-order valence-electron chi connectivity index (χ3n) is 5.19. The van der Waals surface area contributed by atoms with E-state index in [4.69, 9.17) is 4.74 Å². The molecule has 1 saturated heterocycles. The number of hydrogen-bond donors (Lipinski definition) is 1. The predicted octanol–water partition coefficient (Wildman–Crippen LogP) is 1.04. The van der Waals surface area contributed by atoms with E-state index in [-0.39, 0.29) is 29.3 Å². The van der Waals surface area contributed by atoms with Gasteiger partial charge in [0.25, 0.3) is 11.5 Å². The number of rotatable bonds is 5. The van der Waals surface area contributed by atoms with Crippen LogP contribution in [0.15, 0.2) is 53.6 Å². The zero-order valence-corrected chi connectivity index (χ0v) is 17.4. The summed E-state index contributed by atoms with van der Waals surface area (Å²) >= 11 is 0. The SMILES string of the molecule is CN(C)C[C@@H]1OCCN(C(=O)c2cc(=O)n(-c3ccccc3)[nH]2)[C@H]1c1cnn(C)c1. The van der Waals surface area contributed by atoms with Gasteiger partial charge >= 0.3 is 0 Å². The first-order chi connectivity index (χ1) is 14.4. The fourth-order valence-corrected chi connectivity index (χ4v) is 3.89. The summed E-state index contributed by atoms with van der Waals surface area (Å²) in [6, 6.07) is 10.2. The predicted molar refractivity (Wildman–Crippen MR) is 112 cm³/mol. The molecule has 158 valence electrons. The van der Waals surface area contributed by atoms with Crippen molar-refractivity contribution in [3.05, 3.63) is 70.4 Å². The lowest BCUT2D eigenvalue weighted by Crippen LogP contribution is -2.51. The summed E-state index contributed by atoms with van der Waals surface area (Å²) in [5, 5.41) is 7.25. The molecule has 0 unspecified atom stereocenters. The normalized spacial score (nSPS) is 19.4. The molecule has 1 fully saturated rings. The Labute approximate surface area is 174 Å². The zero-order valence-electron chi connectivity index (χ0n) is 17.4. The van der Waals surface area contributed by atoms with Crippen LogP contribution in [0.3, 0.4) is 0 Å². The molecular weight excluding hydrogens is 384 g/mol. The molecule has 1 aromatic carbocycles. The number of nitrogens with zero attached hydrogens (tertiary/aromatic N) is 5. The van der Waals surface area contributed by atoms with Crippen LogP contribution in [0, 0.1) is 0 Å². The number of H-pyrrole nitrogens is 1. The van der Waals surface area contributed by atoms with E-state index < -0.39 is 0 Å². The van der Waals surface area contributed by atoms with Gasteiger partial charge in [0, 0.05) is 38.0 Å². The Morgan fingerprint density at radius 3 is 2.73 bits per heavy atom. The number of amides is 1. The summed E-state index contributed by atoms with van der Waals surface area (Å²) < 4.78 is 9.12. The number of aromatic amines is 1. The van der Waals surface area contributed by atoms with Crippen LogP contribution < -0.4 is 5.56 Å². The molecule has 9 heteroatoms. The Hall–Kier alpha value is -3.17. The molecule has 0 aliphatic carbocycles. The van der Waals surface area contributed by atoms with Crippen molar-refractivity contribution in [3.63, 3.8) is 0 Å². The van der Waals surface area contributed by atoms with Gasteiger partial charge in [-0.25, -0.2) is 4.68 Å². The third kappa shape index (κ3) is 3.94. The van der Waals surface area contributed by atoms with Crippen molar-refractivity contribution in [2.24, 2.45) is 7.05 Å². The Bertz CT molecular complexity index is 1070. The summed E-state index contributed by atoms with van der Waals surface area (Å²) in [4.78, 5) is 29.8. The molecule has 1 N–H and O–H groups in total. The molecule has 0 spiro atoms. The van der Waals surface area contributed by atoms with E-state index in [0.717, 1.165) is 5.56 Å². The van der Waals surface area contributed by atoms with Crippen LogP contribution in [0.1, 0.15) is 22.1 Å². The number of hydrogen-bond acceptors (Lipinski definition) is 5. The highest BCUT2D eigenvalue weighted by Gasteiger charge is 2.38. The maximum atomic E-state index is 13.5. The second-order valence-electron chi connectivity index (χ2n) is 7.74. The van der Waals surface area contributed by atoms with Gasteiger partial charge in [0.05, 0.1) is 30.6 Å². The minimum Gasteiger partial charge on any atom is -0.373 e. The molecule has 3 aromatic rings. The van der Waals surface area contributed by atoms with E-state index in [2.05, 4.69) is 10.2 Å². The van der Waals surface area contributed by atoms with E-state index in [1.165, 1.54) is 10.7 Å². The van der Waals surface area contributed by atoms with Gasteiger partial charge in [-0.2, -0.15) is 5.10 Å². The lowest BCUT2D eigenvalue weighted by Gasteiger charge is -2.41. The largest absolute Gasteiger partial charge is 0.373 e. The zero-order chi connectivity index (χ0) is 21.3. The van der Waals surface area contributed by atoms with Gasteiger partial charge in [0.2, 0.25) is 0 Å². The van der Waals surface area contributed by atoms with Gasteiger partial charge in [0.15, 0.2) is 0 Å². The molecular formula is C21H26N6O3. The van der Waals surface area contributed by atoms with E-state index in [0.29, 0.717) is 25.4 Å². The smallest absolute Gasteiger partial charge is 0.272 e. The van der Waals surface area contributed by atoms with Crippen LogP contribution in [0.2, 0.25) is 0 Å². The van der Waals surface area contributed by atoms with E-state index in [1.807, 2.05) is 62.6 Å². The second-order valence-corrected chi connectivity index (χ2v) is 7.74. The first-order valence-electron chi connectivity index (χ1n) is 9.87. The number of para-hydroxylation sites is 1. The fourth-order valence-electron chi connectivity index (χ4n) is 3.89. The van der Waals surface area contributed by atoms with Crippen LogP contribution in [0.4, 0.5) is 0 Å². The Balaban J connectivity index is 1.68. The molecule has 30 heavy (non-hydrogen) atoms. The number of ether oxygens (including phenoxy) is 1. The maximum Gasteiger partial charge on any atom is 0.272 e. The average molecular weight is 410 g/mol. The summed E-state index contributed by atoms with van der Waals surface area (Å²) in [6.07, 6.45) is 3.46. The number of benzene rings is 1. The van der Waals surface area contributed by atoms with Crippen LogP contribution in [0.25, 0.3) is 5.69 Å². The molecule has 0 bridgehead atoms. The lowest BCUT2D eigenvalue weighted by atomic mass is 10.00. The van der Waals surface area contributed by atoms with Crippen molar-refractivity contribution in [3.8, 4) is 5.69 Å². The number of aryl methyl sites for hydroxylation is 1. The van der Waals surface area contributed by atoms with Crippen molar-refractivity contribution in [1.29, 1.82) is 0 Å². The van der Waals surface area contributed by atoms with Gasteiger partial charge < -0.3 is 14.5 Å². The number of likely N-dealkylation sites (N-methyl/N-ethyl adjacent to an activating group) is 1. The van der Waals surface area contributed by atoms with Crippen LogP contribution >= 0.6 is 0 Å². The molecule has 3 heterocycles. The van der Waals surface area contributed by atoms with Gasteiger partial charge in [0.1, 0.15) is 5.69 Å². The highest BCUT2D eigenvalue weighted by Crippen LogP contribution is 2.31. The highest BCUT2D eigenvalue weighted by molar-refractivity contribution is 5.92. The van der Waals surface area contributed by atoms with Crippen LogP contribution in [-0.4, -0.2) is 75.2 Å².